The molecule has 269 valence electrons. The van der Waals surface area contributed by atoms with Crippen molar-refractivity contribution >= 4 is 43.9 Å². The SMILES string of the molecule is Cc1ccc(-c2[c-]cccc2)nc1.Cc1cnc(-c2[c-]cccc2)cc1-c1c(-c2ccccc2)c2oc3c(C)cccc3c2c2c1oc1c(C)cccc12.[Ir]. The number of aryl methyl sites for hydroxylation is 4. The van der Waals surface area contributed by atoms with Crippen LogP contribution in [0.3, 0.4) is 0 Å². The molecule has 4 nitrogen and oxygen atoms in total. The number of furan rings is 2. The molecule has 0 aliphatic carbocycles. The van der Waals surface area contributed by atoms with Gasteiger partial charge in [0.1, 0.15) is 22.3 Å². The summed E-state index contributed by atoms with van der Waals surface area (Å²) in [6.07, 6.45) is 3.82. The number of aromatic nitrogens is 2. The quantitative estimate of drug-likeness (QED) is 0.165. The Labute approximate surface area is 333 Å². The van der Waals surface area contributed by atoms with Gasteiger partial charge in [-0.3, -0.25) is 0 Å². The summed E-state index contributed by atoms with van der Waals surface area (Å²) < 4.78 is 13.8. The zero-order chi connectivity index (χ0) is 36.8. The predicted molar refractivity (Wildman–Crippen MR) is 221 cm³/mol. The number of nitrogens with zero attached hydrogens (tertiary/aromatic N) is 2. The maximum atomic E-state index is 6.92. The number of para-hydroxylation sites is 2. The van der Waals surface area contributed by atoms with Crippen LogP contribution in [-0.4, -0.2) is 9.97 Å². The van der Waals surface area contributed by atoms with Crippen molar-refractivity contribution in [3.8, 4) is 44.8 Å². The van der Waals surface area contributed by atoms with Crippen molar-refractivity contribution in [2.24, 2.45) is 0 Å². The molecule has 0 unspecified atom stereocenters. The molecule has 0 saturated carbocycles. The number of fused-ring (bicyclic) bond motifs is 7. The molecular weight excluding hydrogens is 853 g/mol. The molecular formula is C50H36IrN2O2-2. The Hall–Kier alpha value is -6.13. The molecule has 0 aliphatic heterocycles. The van der Waals surface area contributed by atoms with Crippen LogP contribution in [0.4, 0.5) is 0 Å². The second kappa shape index (κ2) is 14.9. The fraction of sp³-hybridized carbons (Fsp3) is 0.0800. The Bertz CT molecular complexity index is 2950. The van der Waals surface area contributed by atoms with Gasteiger partial charge in [-0.25, -0.2) is 0 Å². The number of pyridine rings is 2. The number of benzene rings is 6. The van der Waals surface area contributed by atoms with Crippen LogP contribution in [-0.2, 0) is 20.1 Å². The molecule has 1 radical (unpaired) electrons. The van der Waals surface area contributed by atoms with Crippen LogP contribution < -0.4 is 0 Å². The van der Waals surface area contributed by atoms with E-state index in [1.54, 1.807) is 0 Å². The van der Waals surface area contributed by atoms with E-state index in [-0.39, 0.29) is 20.1 Å². The number of rotatable bonds is 4. The molecule has 0 amide bonds. The van der Waals surface area contributed by atoms with Gasteiger partial charge in [-0.1, -0.05) is 84.9 Å². The van der Waals surface area contributed by atoms with Crippen LogP contribution in [0.5, 0.6) is 0 Å². The summed E-state index contributed by atoms with van der Waals surface area (Å²) in [4.78, 5) is 9.11. The Kier molecular flexibility index (Phi) is 9.75. The first-order valence-corrected chi connectivity index (χ1v) is 18.1. The van der Waals surface area contributed by atoms with Crippen LogP contribution in [0.25, 0.3) is 88.6 Å². The first kappa shape index (κ1) is 35.9. The zero-order valence-corrected chi connectivity index (χ0v) is 33.3. The van der Waals surface area contributed by atoms with Gasteiger partial charge >= 0.3 is 0 Å². The van der Waals surface area contributed by atoms with E-state index in [1.165, 1.54) is 5.56 Å². The molecule has 4 heterocycles. The van der Waals surface area contributed by atoms with E-state index in [0.717, 1.165) is 105 Å². The van der Waals surface area contributed by atoms with Gasteiger partial charge in [0.2, 0.25) is 0 Å². The Morgan fingerprint density at radius 2 is 1.04 bits per heavy atom. The molecule has 0 N–H and O–H groups in total. The Morgan fingerprint density at radius 3 is 1.60 bits per heavy atom. The van der Waals surface area contributed by atoms with Crippen molar-refractivity contribution in [1.82, 2.24) is 9.97 Å². The fourth-order valence-corrected chi connectivity index (χ4v) is 7.41. The second-order valence-corrected chi connectivity index (χ2v) is 13.8. The van der Waals surface area contributed by atoms with Crippen molar-refractivity contribution in [2.75, 3.05) is 0 Å². The van der Waals surface area contributed by atoms with Crippen LogP contribution in [0, 0.1) is 39.8 Å². The standard InChI is InChI=1S/C38H26NO2.C12H10N.Ir/c1-22-12-10-18-27-32-33-28-19-11-13-23(2)36(28)41-38(33)34(31(37(32)40-35(22)27)26-16-8-5-9-17-26)29-20-30(39-21-24(29)3)25-14-6-4-7-15-25;1-10-7-8-12(13-9-10)11-5-3-2-4-6-11;/h4-14,16-21H,1-3H3;2-5,7-9H,1H3;/q2*-1;. The Balaban J connectivity index is 0.000000259. The van der Waals surface area contributed by atoms with E-state index in [9.17, 15) is 0 Å². The van der Waals surface area contributed by atoms with Crippen LogP contribution in [0.2, 0.25) is 0 Å². The molecule has 5 heteroatoms. The largest absolute Gasteiger partial charge is 0.455 e. The van der Waals surface area contributed by atoms with Gasteiger partial charge in [0.05, 0.1) is 0 Å². The molecule has 55 heavy (non-hydrogen) atoms. The molecule has 0 aliphatic rings. The minimum absolute atomic E-state index is 0. The third kappa shape index (κ3) is 6.46. The maximum absolute atomic E-state index is 6.92. The van der Waals surface area contributed by atoms with Gasteiger partial charge in [0.25, 0.3) is 0 Å². The third-order valence-corrected chi connectivity index (χ3v) is 10.1. The minimum atomic E-state index is 0. The maximum Gasteiger partial charge on any atom is 0.144 e. The average molecular weight is 889 g/mol. The topological polar surface area (TPSA) is 52.1 Å². The fourth-order valence-electron chi connectivity index (χ4n) is 7.41. The first-order valence-electron chi connectivity index (χ1n) is 18.1. The van der Waals surface area contributed by atoms with Gasteiger partial charge < -0.3 is 18.8 Å². The monoisotopic (exact) mass is 889 g/mol. The average Bonchev–Trinajstić information content (AvgIpc) is 3.80. The van der Waals surface area contributed by atoms with Gasteiger partial charge in [-0.2, -0.15) is 0 Å². The molecule has 0 spiro atoms. The summed E-state index contributed by atoms with van der Waals surface area (Å²) in [6, 6.07) is 51.8. The summed E-state index contributed by atoms with van der Waals surface area (Å²) >= 11 is 0. The normalized spacial score (nSPS) is 11.1. The summed E-state index contributed by atoms with van der Waals surface area (Å²) in [5.74, 6) is 0. The van der Waals surface area contributed by atoms with E-state index < -0.39 is 0 Å². The Morgan fingerprint density at radius 1 is 0.473 bits per heavy atom. The summed E-state index contributed by atoms with van der Waals surface area (Å²) in [6.45, 7) is 8.37. The van der Waals surface area contributed by atoms with E-state index in [4.69, 9.17) is 13.8 Å². The first-order chi connectivity index (χ1) is 26.5. The van der Waals surface area contributed by atoms with E-state index in [1.807, 2.05) is 80.0 Å². The van der Waals surface area contributed by atoms with Crippen molar-refractivity contribution in [3.05, 3.63) is 180 Å². The molecule has 6 aromatic carbocycles. The molecule has 10 aromatic rings. The van der Waals surface area contributed by atoms with Crippen molar-refractivity contribution in [1.29, 1.82) is 0 Å². The van der Waals surface area contributed by atoms with E-state index in [0.29, 0.717) is 0 Å². The predicted octanol–water partition coefficient (Wildman–Crippen LogP) is 13.5. The number of hydrogen-bond donors (Lipinski definition) is 0. The van der Waals surface area contributed by atoms with Gasteiger partial charge in [0.15, 0.2) is 0 Å². The van der Waals surface area contributed by atoms with E-state index in [2.05, 4.69) is 111 Å². The number of hydrogen-bond acceptors (Lipinski definition) is 4. The molecule has 0 saturated heterocycles. The van der Waals surface area contributed by atoms with Crippen molar-refractivity contribution < 1.29 is 28.9 Å². The van der Waals surface area contributed by atoms with Gasteiger partial charge in [0, 0.05) is 65.2 Å². The van der Waals surface area contributed by atoms with Crippen LogP contribution in [0.15, 0.2) is 155 Å². The van der Waals surface area contributed by atoms with Gasteiger partial charge in [-0.05, 0) is 72.5 Å². The summed E-state index contributed by atoms with van der Waals surface area (Å²) in [7, 11) is 0. The van der Waals surface area contributed by atoms with Crippen molar-refractivity contribution in [2.45, 2.75) is 27.7 Å². The van der Waals surface area contributed by atoms with Gasteiger partial charge in [-0.15, -0.1) is 71.8 Å². The second-order valence-electron chi connectivity index (χ2n) is 13.8. The molecule has 0 bridgehead atoms. The molecule has 0 fully saturated rings. The van der Waals surface area contributed by atoms with Crippen molar-refractivity contribution in [3.63, 3.8) is 0 Å². The third-order valence-electron chi connectivity index (χ3n) is 10.1. The minimum Gasteiger partial charge on any atom is -0.455 e. The summed E-state index contributed by atoms with van der Waals surface area (Å²) in [5.41, 5.74) is 16.0. The smallest absolute Gasteiger partial charge is 0.144 e. The zero-order valence-electron chi connectivity index (χ0n) is 30.9. The van der Waals surface area contributed by atoms with Crippen LogP contribution in [0.1, 0.15) is 22.3 Å². The molecule has 4 aromatic heterocycles. The van der Waals surface area contributed by atoms with E-state index >= 15 is 0 Å². The molecule has 0 atom stereocenters. The summed E-state index contributed by atoms with van der Waals surface area (Å²) in [5, 5.41) is 4.37. The van der Waals surface area contributed by atoms with Crippen LogP contribution >= 0.6 is 0 Å². The molecule has 10 rings (SSSR count).